The topological polar surface area (TPSA) is 46.2 Å². The molecule has 0 radical (unpaired) electrons. The van der Waals surface area contributed by atoms with Crippen molar-refractivity contribution in [1.82, 2.24) is 5.32 Å². The van der Waals surface area contributed by atoms with Crippen LogP contribution in [0.25, 0.3) is 11.1 Å². The number of hydrogen-bond acceptors (Lipinski definition) is 2. The SMILES string of the molecule is O=C1NC(=O)C(c2cccc(Br)c2)=C1c1ccccc1. The summed E-state index contributed by atoms with van der Waals surface area (Å²) in [5.41, 5.74) is 2.31. The van der Waals surface area contributed by atoms with Gasteiger partial charge in [-0.2, -0.15) is 0 Å². The molecule has 2 amide bonds. The van der Waals surface area contributed by atoms with E-state index >= 15 is 0 Å². The van der Waals surface area contributed by atoms with Crippen molar-refractivity contribution in [3.8, 4) is 0 Å². The van der Waals surface area contributed by atoms with Crippen LogP contribution < -0.4 is 5.32 Å². The minimum Gasteiger partial charge on any atom is -0.288 e. The largest absolute Gasteiger partial charge is 0.288 e. The summed E-state index contributed by atoms with van der Waals surface area (Å²) in [6.07, 6.45) is 0. The van der Waals surface area contributed by atoms with Gasteiger partial charge in [0.05, 0.1) is 11.1 Å². The molecule has 0 fully saturated rings. The third kappa shape index (κ3) is 2.18. The van der Waals surface area contributed by atoms with Crippen LogP contribution in [-0.2, 0) is 9.59 Å². The van der Waals surface area contributed by atoms with E-state index in [2.05, 4.69) is 21.2 Å². The lowest BCUT2D eigenvalue weighted by atomic mass is 9.96. The van der Waals surface area contributed by atoms with Crippen molar-refractivity contribution in [3.05, 3.63) is 70.2 Å². The Morgan fingerprint density at radius 1 is 0.750 bits per heavy atom. The van der Waals surface area contributed by atoms with E-state index in [4.69, 9.17) is 0 Å². The van der Waals surface area contributed by atoms with Crippen LogP contribution in [0.15, 0.2) is 59.1 Å². The average Bonchev–Trinajstić information content (AvgIpc) is 2.74. The van der Waals surface area contributed by atoms with Crippen molar-refractivity contribution in [3.63, 3.8) is 0 Å². The highest BCUT2D eigenvalue weighted by atomic mass is 79.9. The van der Waals surface area contributed by atoms with Crippen LogP contribution >= 0.6 is 15.9 Å². The van der Waals surface area contributed by atoms with Gasteiger partial charge in [-0.15, -0.1) is 0 Å². The zero-order valence-corrected chi connectivity index (χ0v) is 12.0. The lowest BCUT2D eigenvalue weighted by Crippen LogP contribution is -2.22. The van der Waals surface area contributed by atoms with Crippen LogP contribution in [0.4, 0.5) is 0 Å². The van der Waals surface area contributed by atoms with Crippen molar-refractivity contribution < 1.29 is 9.59 Å². The van der Waals surface area contributed by atoms with Gasteiger partial charge in [-0.05, 0) is 23.3 Å². The van der Waals surface area contributed by atoms with Crippen molar-refractivity contribution in [2.24, 2.45) is 0 Å². The number of benzene rings is 2. The summed E-state index contributed by atoms with van der Waals surface area (Å²) in [4.78, 5) is 24.1. The highest BCUT2D eigenvalue weighted by molar-refractivity contribution is 9.10. The van der Waals surface area contributed by atoms with Gasteiger partial charge in [-0.3, -0.25) is 14.9 Å². The number of amides is 2. The summed E-state index contributed by atoms with van der Waals surface area (Å²) in [7, 11) is 0. The van der Waals surface area contributed by atoms with Gasteiger partial charge in [0.1, 0.15) is 0 Å². The Morgan fingerprint density at radius 2 is 1.35 bits per heavy atom. The van der Waals surface area contributed by atoms with E-state index in [1.54, 1.807) is 0 Å². The van der Waals surface area contributed by atoms with Gasteiger partial charge in [-0.25, -0.2) is 0 Å². The normalized spacial score (nSPS) is 14.7. The van der Waals surface area contributed by atoms with E-state index in [9.17, 15) is 9.59 Å². The van der Waals surface area contributed by atoms with Crippen LogP contribution in [0, 0.1) is 0 Å². The van der Waals surface area contributed by atoms with Crippen LogP contribution in [0.3, 0.4) is 0 Å². The maximum atomic E-state index is 12.1. The van der Waals surface area contributed by atoms with Gasteiger partial charge in [0, 0.05) is 4.47 Å². The second kappa shape index (κ2) is 5.06. The van der Waals surface area contributed by atoms with Gasteiger partial charge in [0.2, 0.25) is 0 Å². The second-order valence-corrected chi connectivity index (χ2v) is 5.33. The molecule has 1 aliphatic rings. The minimum atomic E-state index is -0.355. The molecular formula is C16H10BrNO2. The molecule has 0 spiro atoms. The molecular weight excluding hydrogens is 318 g/mol. The number of imide groups is 1. The highest BCUT2D eigenvalue weighted by Gasteiger charge is 2.31. The molecule has 0 unspecified atom stereocenters. The molecule has 3 nitrogen and oxygen atoms in total. The highest BCUT2D eigenvalue weighted by Crippen LogP contribution is 2.31. The Balaban J connectivity index is 2.24. The molecule has 3 rings (SSSR count). The van der Waals surface area contributed by atoms with Crippen LogP contribution in [0.1, 0.15) is 11.1 Å². The molecule has 4 heteroatoms. The Bertz CT molecular complexity index is 735. The first kappa shape index (κ1) is 12.8. The zero-order valence-electron chi connectivity index (χ0n) is 10.4. The molecule has 0 bridgehead atoms. The number of carbonyl (C=O) groups is 2. The van der Waals surface area contributed by atoms with E-state index in [0.29, 0.717) is 11.1 Å². The molecule has 2 aromatic carbocycles. The van der Waals surface area contributed by atoms with E-state index in [-0.39, 0.29) is 11.8 Å². The Kier molecular flexibility index (Phi) is 3.24. The van der Waals surface area contributed by atoms with Crippen LogP contribution in [0.5, 0.6) is 0 Å². The average molecular weight is 328 g/mol. The molecule has 98 valence electrons. The fourth-order valence-electron chi connectivity index (χ4n) is 2.25. The number of hydrogen-bond donors (Lipinski definition) is 1. The lowest BCUT2D eigenvalue weighted by molar-refractivity contribution is -0.122. The van der Waals surface area contributed by atoms with Crippen LogP contribution in [0.2, 0.25) is 0 Å². The molecule has 1 N–H and O–H groups in total. The van der Waals surface area contributed by atoms with E-state index in [1.165, 1.54) is 0 Å². The monoisotopic (exact) mass is 327 g/mol. The lowest BCUT2D eigenvalue weighted by Gasteiger charge is -2.05. The van der Waals surface area contributed by atoms with Crippen molar-refractivity contribution in [1.29, 1.82) is 0 Å². The smallest absolute Gasteiger partial charge is 0.259 e. The number of nitrogens with one attached hydrogen (secondary N) is 1. The first-order valence-corrected chi connectivity index (χ1v) is 6.87. The van der Waals surface area contributed by atoms with E-state index < -0.39 is 0 Å². The van der Waals surface area contributed by atoms with Gasteiger partial charge >= 0.3 is 0 Å². The summed E-state index contributed by atoms with van der Waals surface area (Å²) < 4.78 is 0.863. The maximum absolute atomic E-state index is 12.1. The summed E-state index contributed by atoms with van der Waals surface area (Å²) in [6, 6.07) is 16.6. The number of halogens is 1. The van der Waals surface area contributed by atoms with E-state index in [1.807, 2.05) is 54.6 Å². The molecule has 1 aliphatic heterocycles. The minimum absolute atomic E-state index is 0.351. The summed E-state index contributed by atoms with van der Waals surface area (Å²) in [5, 5.41) is 2.37. The molecule has 0 saturated carbocycles. The fraction of sp³-hybridized carbons (Fsp3) is 0. The summed E-state index contributed by atoms with van der Waals surface area (Å²) >= 11 is 3.38. The standard InChI is InChI=1S/C16H10BrNO2/c17-12-8-4-7-11(9-12)14-13(15(19)18-16(14)20)10-5-2-1-3-6-10/h1-9H,(H,18,19,20). The predicted octanol–water partition coefficient (Wildman–Crippen LogP) is 3.02. The van der Waals surface area contributed by atoms with Crippen LogP contribution in [-0.4, -0.2) is 11.8 Å². The molecule has 0 saturated heterocycles. The van der Waals surface area contributed by atoms with Crippen molar-refractivity contribution in [2.45, 2.75) is 0 Å². The Labute approximate surface area is 124 Å². The molecule has 2 aromatic rings. The van der Waals surface area contributed by atoms with Crippen molar-refractivity contribution in [2.75, 3.05) is 0 Å². The molecule has 20 heavy (non-hydrogen) atoms. The Hall–Kier alpha value is -2.20. The van der Waals surface area contributed by atoms with Crippen molar-refractivity contribution >= 4 is 38.9 Å². The summed E-state index contributed by atoms with van der Waals surface area (Å²) in [6.45, 7) is 0. The zero-order chi connectivity index (χ0) is 14.1. The number of carbonyl (C=O) groups excluding carboxylic acids is 2. The Morgan fingerprint density at radius 3 is 2.00 bits per heavy atom. The summed E-state index contributed by atoms with van der Waals surface area (Å²) in [5.74, 6) is -0.705. The molecule has 1 heterocycles. The quantitative estimate of drug-likeness (QED) is 0.862. The third-order valence-corrected chi connectivity index (χ3v) is 3.60. The molecule has 0 atom stereocenters. The van der Waals surface area contributed by atoms with E-state index in [0.717, 1.165) is 15.6 Å². The maximum Gasteiger partial charge on any atom is 0.259 e. The van der Waals surface area contributed by atoms with Gasteiger partial charge in [-0.1, -0.05) is 58.4 Å². The predicted molar refractivity (Wildman–Crippen MR) is 80.5 cm³/mol. The van der Waals surface area contributed by atoms with Gasteiger partial charge in [0.25, 0.3) is 11.8 Å². The molecule has 0 aliphatic carbocycles. The second-order valence-electron chi connectivity index (χ2n) is 4.41. The third-order valence-electron chi connectivity index (χ3n) is 3.11. The first-order valence-electron chi connectivity index (χ1n) is 6.08. The number of rotatable bonds is 2. The van der Waals surface area contributed by atoms with Gasteiger partial charge < -0.3 is 0 Å². The molecule has 0 aromatic heterocycles. The first-order chi connectivity index (χ1) is 9.66. The van der Waals surface area contributed by atoms with Gasteiger partial charge in [0.15, 0.2) is 0 Å². The fourth-order valence-corrected chi connectivity index (χ4v) is 2.65.